The molecule has 1 fully saturated rings. The summed E-state index contributed by atoms with van der Waals surface area (Å²) in [5, 5.41) is 20.8. The van der Waals surface area contributed by atoms with Crippen molar-refractivity contribution < 1.29 is 29.2 Å². The molecule has 3 amide bonds. The Kier molecular flexibility index (Phi) is 6.07. The van der Waals surface area contributed by atoms with Gasteiger partial charge in [-0.1, -0.05) is 0 Å². The van der Waals surface area contributed by atoms with Crippen molar-refractivity contribution in [2.75, 3.05) is 13.1 Å². The number of hydrogen-bond acceptors (Lipinski definition) is 7. The molecule has 1 aromatic carbocycles. The number of non-ortho nitro benzene ring substituents is 1. The van der Waals surface area contributed by atoms with Crippen LogP contribution in [0.1, 0.15) is 12.0 Å². The third-order valence-corrected chi connectivity index (χ3v) is 4.15. The average Bonchev–Trinajstić information content (AvgIpc) is 2.82. The van der Waals surface area contributed by atoms with Crippen LogP contribution in [0.3, 0.4) is 0 Å². The van der Waals surface area contributed by atoms with Crippen LogP contribution in [0.15, 0.2) is 29.2 Å². The normalized spacial score (nSPS) is 15.4. The summed E-state index contributed by atoms with van der Waals surface area (Å²) < 4.78 is 0. The van der Waals surface area contributed by atoms with Gasteiger partial charge in [-0.15, -0.1) is 0 Å². The highest BCUT2D eigenvalue weighted by molar-refractivity contribution is 8.18. The molecule has 2 rings (SSSR count). The molecule has 1 heterocycles. The van der Waals surface area contributed by atoms with E-state index in [-0.39, 0.29) is 23.6 Å². The summed E-state index contributed by atoms with van der Waals surface area (Å²) in [5.74, 6) is -2.39. The van der Waals surface area contributed by atoms with E-state index >= 15 is 0 Å². The van der Waals surface area contributed by atoms with Gasteiger partial charge in [0.15, 0.2) is 0 Å². The van der Waals surface area contributed by atoms with Crippen LogP contribution in [0, 0.1) is 10.1 Å². The highest BCUT2D eigenvalue weighted by atomic mass is 32.2. The Labute approximate surface area is 151 Å². The van der Waals surface area contributed by atoms with Gasteiger partial charge in [0.25, 0.3) is 16.8 Å². The molecule has 0 saturated carbocycles. The number of amides is 3. The summed E-state index contributed by atoms with van der Waals surface area (Å²) in [5.41, 5.74) is 0.389. The number of imide groups is 1. The summed E-state index contributed by atoms with van der Waals surface area (Å²) in [4.78, 5) is 57.1. The number of carbonyl (C=O) groups excluding carboxylic acids is 3. The summed E-state index contributed by atoms with van der Waals surface area (Å²) in [6, 6.07) is 5.41. The number of thioether (sulfide) groups is 1. The second-order valence-electron chi connectivity index (χ2n) is 5.11. The Morgan fingerprint density at radius 2 is 1.92 bits per heavy atom. The number of nitrogens with zero attached hydrogens (tertiary/aromatic N) is 2. The first-order valence-electron chi connectivity index (χ1n) is 7.26. The second kappa shape index (κ2) is 8.25. The van der Waals surface area contributed by atoms with Crippen LogP contribution in [0.4, 0.5) is 10.5 Å². The van der Waals surface area contributed by atoms with E-state index in [1.165, 1.54) is 30.3 Å². The maximum Gasteiger partial charge on any atom is 0.305 e. The molecule has 0 aromatic heterocycles. The zero-order chi connectivity index (χ0) is 19.3. The number of carbonyl (C=O) groups is 4. The average molecular weight is 379 g/mol. The van der Waals surface area contributed by atoms with E-state index in [4.69, 9.17) is 5.11 Å². The Balaban J connectivity index is 2.02. The first-order chi connectivity index (χ1) is 12.3. The maximum atomic E-state index is 12.2. The second-order valence-corrected chi connectivity index (χ2v) is 6.10. The van der Waals surface area contributed by atoms with Gasteiger partial charge in [-0.2, -0.15) is 0 Å². The van der Waals surface area contributed by atoms with Gasteiger partial charge in [0.2, 0.25) is 5.91 Å². The minimum absolute atomic E-state index is 0.0854. The standard InChI is InChI=1S/C15H13N3O7S/c19-12(16-6-5-13(20)21)8-17-14(22)11(26-15(17)23)7-9-1-3-10(4-2-9)18(24)25/h1-4,7H,5-6,8H2,(H,16,19)(H,20,21)/b11-7-. The molecule has 11 heteroatoms. The zero-order valence-electron chi connectivity index (χ0n) is 13.2. The lowest BCUT2D eigenvalue weighted by molar-refractivity contribution is -0.384. The van der Waals surface area contributed by atoms with Crippen molar-refractivity contribution in [3.05, 3.63) is 44.8 Å². The van der Waals surface area contributed by atoms with Crippen LogP contribution in [-0.2, 0) is 14.4 Å². The van der Waals surface area contributed by atoms with Gasteiger partial charge in [-0.3, -0.25) is 34.2 Å². The lowest BCUT2D eigenvalue weighted by Crippen LogP contribution is -2.40. The van der Waals surface area contributed by atoms with Crippen molar-refractivity contribution in [2.45, 2.75) is 6.42 Å². The van der Waals surface area contributed by atoms with Crippen molar-refractivity contribution in [3.8, 4) is 0 Å². The van der Waals surface area contributed by atoms with Crippen LogP contribution in [-0.4, -0.2) is 51.0 Å². The van der Waals surface area contributed by atoms with E-state index in [9.17, 15) is 29.3 Å². The molecule has 0 unspecified atom stereocenters. The molecule has 2 N–H and O–H groups in total. The highest BCUT2D eigenvalue weighted by Crippen LogP contribution is 2.32. The van der Waals surface area contributed by atoms with Gasteiger partial charge >= 0.3 is 5.97 Å². The highest BCUT2D eigenvalue weighted by Gasteiger charge is 2.36. The molecule has 0 bridgehead atoms. The fraction of sp³-hybridized carbons (Fsp3) is 0.200. The number of carboxylic acid groups (broad SMARTS) is 1. The lowest BCUT2D eigenvalue weighted by atomic mass is 10.2. The Morgan fingerprint density at radius 1 is 1.27 bits per heavy atom. The van der Waals surface area contributed by atoms with E-state index in [0.29, 0.717) is 17.3 Å². The van der Waals surface area contributed by atoms with E-state index in [0.717, 1.165) is 4.90 Å². The monoisotopic (exact) mass is 379 g/mol. The predicted octanol–water partition coefficient (Wildman–Crippen LogP) is 1.22. The molecule has 0 radical (unpaired) electrons. The smallest absolute Gasteiger partial charge is 0.305 e. The molecule has 1 aliphatic heterocycles. The molecule has 0 atom stereocenters. The first kappa shape index (κ1) is 19.1. The van der Waals surface area contributed by atoms with Crippen LogP contribution < -0.4 is 5.32 Å². The van der Waals surface area contributed by atoms with Crippen molar-refractivity contribution in [1.29, 1.82) is 0 Å². The quantitative estimate of drug-likeness (QED) is 0.408. The van der Waals surface area contributed by atoms with E-state index in [1.807, 2.05) is 0 Å². The number of hydrogen-bond donors (Lipinski definition) is 2. The molecule has 10 nitrogen and oxygen atoms in total. The van der Waals surface area contributed by atoms with Gasteiger partial charge in [0.1, 0.15) is 6.54 Å². The van der Waals surface area contributed by atoms with Gasteiger partial charge in [-0.25, -0.2) is 0 Å². The molecular formula is C15H13N3O7S. The van der Waals surface area contributed by atoms with E-state index in [2.05, 4.69) is 5.32 Å². The van der Waals surface area contributed by atoms with Gasteiger partial charge in [0.05, 0.1) is 16.2 Å². The fourth-order valence-electron chi connectivity index (χ4n) is 1.99. The van der Waals surface area contributed by atoms with Crippen LogP contribution >= 0.6 is 11.8 Å². The van der Waals surface area contributed by atoms with Crippen molar-refractivity contribution in [3.63, 3.8) is 0 Å². The summed E-state index contributed by atoms with van der Waals surface area (Å²) in [7, 11) is 0. The number of aliphatic carboxylic acids is 1. The van der Waals surface area contributed by atoms with Crippen LogP contribution in [0.25, 0.3) is 6.08 Å². The van der Waals surface area contributed by atoms with Crippen molar-refractivity contribution in [1.82, 2.24) is 10.2 Å². The number of benzene rings is 1. The van der Waals surface area contributed by atoms with Crippen LogP contribution in [0.5, 0.6) is 0 Å². The minimum atomic E-state index is -1.08. The third kappa shape index (κ3) is 4.89. The van der Waals surface area contributed by atoms with E-state index < -0.39 is 34.5 Å². The van der Waals surface area contributed by atoms with Crippen molar-refractivity contribution in [2.24, 2.45) is 0 Å². The van der Waals surface area contributed by atoms with E-state index in [1.54, 1.807) is 0 Å². The SMILES string of the molecule is O=C(O)CCNC(=O)CN1C(=O)S/C(=C\c2ccc([N+](=O)[O-])cc2)C1=O. The molecule has 0 aliphatic carbocycles. The van der Waals surface area contributed by atoms with Gasteiger partial charge in [-0.05, 0) is 35.5 Å². The van der Waals surface area contributed by atoms with Crippen LogP contribution in [0.2, 0.25) is 0 Å². The zero-order valence-corrected chi connectivity index (χ0v) is 14.0. The number of carboxylic acids is 1. The maximum absolute atomic E-state index is 12.2. The Morgan fingerprint density at radius 3 is 2.50 bits per heavy atom. The lowest BCUT2D eigenvalue weighted by Gasteiger charge is -2.11. The topological polar surface area (TPSA) is 147 Å². The minimum Gasteiger partial charge on any atom is -0.481 e. The molecule has 1 aromatic rings. The summed E-state index contributed by atoms with van der Waals surface area (Å²) in [6.07, 6.45) is 1.13. The predicted molar refractivity (Wildman–Crippen MR) is 91.0 cm³/mol. The van der Waals surface area contributed by atoms with Crippen molar-refractivity contribution >= 4 is 46.5 Å². The first-order valence-corrected chi connectivity index (χ1v) is 8.08. The molecule has 0 spiro atoms. The fourth-order valence-corrected chi connectivity index (χ4v) is 2.83. The molecule has 136 valence electrons. The molecule has 1 aliphatic rings. The molecular weight excluding hydrogens is 366 g/mol. The van der Waals surface area contributed by atoms with Gasteiger partial charge in [0, 0.05) is 18.7 Å². The molecule has 1 saturated heterocycles. The Hall–Kier alpha value is -3.21. The number of nitro benzene ring substituents is 1. The Bertz CT molecular complexity index is 804. The number of nitrogens with one attached hydrogen (secondary N) is 1. The summed E-state index contributed by atoms with van der Waals surface area (Å²) >= 11 is 0.648. The van der Waals surface area contributed by atoms with Gasteiger partial charge < -0.3 is 10.4 Å². The largest absolute Gasteiger partial charge is 0.481 e. The summed E-state index contributed by atoms with van der Waals surface area (Å²) in [6.45, 7) is -0.620. The number of rotatable bonds is 7. The molecule has 26 heavy (non-hydrogen) atoms. The third-order valence-electron chi connectivity index (χ3n) is 3.24. The number of nitro groups is 1.